The predicted octanol–water partition coefficient (Wildman–Crippen LogP) is 5.52. The molecule has 0 radical (unpaired) electrons. The van der Waals surface area contributed by atoms with Crippen molar-refractivity contribution in [1.82, 2.24) is 15.0 Å². The standard InChI is InChI=1S/C27H24ClN3O3/c28-20-12-21-26(30-23(20)18-10-6-16(7-11-18)15-4-2-1-3-5-15)31-27(29-21)34-22-14-33-24-19(17-8-9-17)13-32-25(22)24/h1-7,10-12,17,19,22,24-25H,8-9,13-14H2,(H,29,30,31)/t19?,22-,24?,25?/m1/s1. The van der Waals surface area contributed by atoms with Crippen molar-refractivity contribution in [3.63, 3.8) is 0 Å². The number of H-pyrrole nitrogens is 1. The number of nitrogens with one attached hydrogen (secondary N) is 1. The van der Waals surface area contributed by atoms with Crippen LogP contribution in [0.1, 0.15) is 12.8 Å². The van der Waals surface area contributed by atoms with Crippen LogP contribution in [0.5, 0.6) is 6.01 Å². The van der Waals surface area contributed by atoms with E-state index in [1.807, 2.05) is 36.4 Å². The molecule has 4 aromatic rings. The molecule has 2 aromatic heterocycles. The first-order valence-electron chi connectivity index (χ1n) is 11.8. The molecular formula is C27H24ClN3O3. The Hall–Kier alpha value is -2.93. The number of ether oxygens (including phenoxy) is 3. The van der Waals surface area contributed by atoms with Gasteiger partial charge in [-0.25, -0.2) is 4.98 Å². The van der Waals surface area contributed by atoms with Crippen LogP contribution in [0.3, 0.4) is 0 Å². The van der Waals surface area contributed by atoms with Gasteiger partial charge >= 0.3 is 0 Å². The van der Waals surface area contributed by atoms with Crippen molar-refractivity contribution in [2.24, 2.45) is 11.8 Å². The largest absolute Gasteiger partial charge is 0.456 e. The molecule has 7 rings (SSSR count). The van der Waals surface area contributed by atoms with Gasteiger partial charge < -0.3 is 19.2 Å². The molecule has 2 aliphatic heterocycles. The number of fused-ring (bicyclic) bond motifs is 2. The second-order valence-electron chi connectivity index (χ2n) is 9.43. The SMILES string of the molecule is Clc1cc2[nH]c(O[C@@H]3COC4C(C5CC5)COC43)nc2nc1-c1ccc(-c2ccccc2)cc1. The minimum Gasteiger partial charge on any atom is -0.456 e. The molecule has 34 heavy (non-hydrogen) atoms. The number of halogens is 1. The lowest BCUT2D eigenvalue weighted by Crippen LogP contribution is -2.34. The molecule has 4 heterocycles. The van der Waals surface area contributed by atoms with Gasteiger partial charge in [-0.05, 0) is 36.0 Å². The van der Waals surface area contributed by atoms with Gasteiger partial charge in [-0.3, -0.25) is 0 Å². The van der Waals surface area contributed by atoms with Gasteiger partial charge in [-0.1, -0.05) is 66.2 Å². The van der Waals surface area contributed by atoms with Crippen LogP contribution in [-0.2, 0) is 9.47 Å². The number of aromatic nitrogens is 3. The summed E-state index contributed by atoms with van der Waals surface area (Å²) in [5.41, 5.74) is 5.26. The number of imidazole rings is 1. The molecule has 2 aromatic carbocycles. The van der Waals surface area contributed by atoms with E-state index in [1.54, 1.807) is 0 Å². The van der Waals surface area contributed by atoms with Gasteiger partial charge in [0, 0.05) is 11.5 Å². The highest BCUT2D eigenvalue weighted by molar-refractivity contribution is 6.33. The Balaban J connectivity index is 1.12. The minimum atomic E-state index is -0.171. The average Bonchev–Trinajstić information content (AvgIpc) is 3.32. The summed E-state index contributed by atoms with van der Waals surface area (Å²) in [5, 5.41) is 0.561. The first-order chi connectivity index (χ1) is 16.7. The topological polar surface area (TPSA) is 69.3 Å². The highest BCUT2D eigenvalue weighted by Gasteiger charge is 2.53. The minimum absolute atomic E-state index is 0.0333. The average molecular weight is 474 g/mol. The van der Waals surface area contributed by atoms with Crippen molar-refractivity contribution in [3.05, 3.63) is 65.7 Å². The van der Waals surface area contributed by atoms with Crippen LogP contribution in [0.15, 0.2) is 60.7 Å². The fourth-order valence-corrected chi connectivity index (χ4v) is 5.53. The van der Waals surface area contributed by atoms with Crippen LogP contribution in [0.2, 0.25) is 5.02 Å². The third kappa shape index (κ3) is 3.57. The van der Waals surface area contributed by atoms with Crippen molar-refractivity contribution in [2.75, 3.05) is 13.2 Å². The molecule has 0 spiro atoms. The monoisotopic (exact) mass is 473 g/mol. The van der Waals surface area contributed by atoms with Gasteiger partial charge in [0.25, 0.3) is 6.01 Å². The fraction of sp³-hybridized carbons (Fsp3) is 0.333. The van der Waals surface area contributed by atoms with E-state index in [0.717, 1.165) is 29.2 Å². The second-order valence-corrected chi connectivity index (χ2v) is 9.84. The fourth-order valence-electron chi connectivity index (χ4n) is 5.27. The summed E-state index contributed by atoms with van der Waals surface area (Å²) >= 11 is 6.61. The summed E-state index contributed by atoms with van der Waals surface area (Å²) in [7, 11) is 0. The molecule has 1 aliphatic carbocycles. The van der Waals surface area contributed by atoms with Gasteiger partial charge in [-0.15, -0.1) is 0 Å². The zero-order valence-electron chi connectivity index (χ0n) is 18.5. The number of benzene rings is 2. The predicted molar refractivity (Wildman–Crippen MR) is 130 cm³/mol. The molecule has 2 saturated heterocycles. The first kappa shape index (κ1) is 20.4. The maximum absolute atomic E-state index is 6.61. The number of nitrogens with zero attached hydrogens (tertiary/aromatic N) is 2. The summed E-state index contributed by atoms with van der Waals surface area (Å²) in [6, 6.07) is 20.8. The van der Waals surface area contributed by atoms with Crippen LogP contribution in [0.25, 0.3) is 33.5 Å². The van der Waals surface area contributed by atoms with Gasteiger partial charge in [0.15, 0.2) is 11.8 Å². The number of hydrogen-bond acceptors (Lipinski definition) is 5. The van der Waals surface area contributed by atoms with Crippen LogP contribution in [0.4, 0.5) is 0 Å². The van der Waals surface area contributed by atoms with Crippen molar-refractivity contribution < 1.29 is 14.2 Å². The third-order valence-electron chi connectivity index (χ3n) is 7.21. The number of rotatable bonds is 5. The van der Waals surface area contributed by atoms with Gasteiger partial charge in [0.2, 0.25) is 0 Å². The van der Waals surface area contributed by atoms with E-state index in [1.165, 1.54) is 18.4 Å². The highest BCUT2D eigenvalue weighted by Crippen LogP contribution is 2.46. The molecule has 6 nitrogen and oxygen atoms in total. The summed E-state index contributed by atoms with van der Waals surface area (Å²) < 4.78 is 18.3. The van der Waals surface area contributed by atoms with Crippen LogP contribution in [-0.4, -0.2) is 46.5 Å². The summed E-state index contributed by atoms with van der Waals surface area (Å²) in [4.78, 5) is 12.5. The van der Waals surface area contributed by atoms with Crippen molar-refractivity contribution in [3.8, 4) is 28.4 Å². The zero-order valence-corrected chi connectivity index (χ0v) is 19.2. The zero-order chi connectivity index (χ0) is 22.6. The van der Waals surface area contributed by atoms with E-state index in [0.29, 0.717) is 34.9 Å². The molecule has 172 valence electrons. The maximum Gasteiger partial charge on any atom is 0.296 e. The van der Waals surface area contributed by atoms with Gasteiger partial charge in [-0.2, -0.15) is 4.98 Å². The second kappa shape index (κ2) is 8.08. The van der Waals surface area contributed by atoms with E-state index < -0.39 is 0 Å². The van der Waals surface area contributed by atoms with Crippen LogP contribution >= 0.6 is 11.6 Å². The molecule has 4 atom stereocenters. The lowest BCUT2D eigenvalue weighted by atomic mass is 9.96. The molecule has 7 heteroatoms. The van der Waals surface area contributed by atoms with Crippen molar-refractivity contribution >= 4 is 22.8 Å². The lowest BCUT2D eigenvalue weighted by molar-refractivity contribution is 0.0253. The Bertz CT molecular complexity index is 1340. The van der Waals surface area contributed by atoms with Crippen LogP contribution < -0.4 is 4.74 Å². The van der Waals surface area contributed by atoms with E-state index in [-0.39, 0.29) is 18.3 Å². The normalized spacial score (nSPS) is 26.1. The third-order valence-corrected chi connectivity index (χ3v) is 7.50. The molecule has 0 bridgehead atoms. The molecular weight excluding hydrogens is 450 g/mol. The Morgan fingerprint density at radius 3 is 2.38 bits per heavy atom. The van der Waals surface area contributed by atoms with E-state index in [9.17, 15) is 0 Å². The van der Waals surface area contributed by atoms with Crippen LogP contribution in [0, 0.1) is 11.8 Å². The lowest BCUT2D eigenvalue weighted by Gasteiger charge is -2.16. The molecule has 3 aliphatic rings. The molecule has 1 saturated carbocycles. The number of aromatic amines is 1. The maximum atomic E-state index is 6.61. The molecule has 3 unspecified atom stereocenters. The summed E-state index contributed by atoms with van der Waals surface area (Å²) in [6.45, 7) is 1.28. The van der Waals surface area contributed by atoms with Crippen molar-refractivity contribution in [2.45, 2.75) is 31.2 Å². The smallest absolute Gasteiger partial charge is 0.296 e. The van der Waals surface area contributed by atoms with E-state index in [4.69, 9.17) is 30.8 Å². The number of hydrogen-bond donors (Lipinski definition) is 1. The Morgan fingerprint density at radius 2 is 1.59 bits per heavy atom. The molecule has 3 fully saturated rings. The Morgan fingerprint density at radius 1 is 0.853 bits per heavy atom. The van der Waals surface area contributed by atoms with Gasteiger partial charge in [0.1, 0.15) is 6.10 Å². The Labute approximate surface area is 202 Å². The highest BCUT2D eigenvalue weighted by atomic mass is 35.5. The molecule has 1 N–H and O–H groups in total. The molecule has 0 amide bonds. The summed E-state index contributed by atoms with van der Waals surface area (Å²) in [6.07, 6.45) is 2.52. The van der Waals surface area contributed by atoms with E-state index in [2.05, 4.69) is 34.2 Å². The summed E-state index contributed by atoms with van der Waals surface area (Å²) in [5.74, 6) is 1.26. The van der Waals surface area contributed by atoms with E-state index >= 15 is 0 Å². The quantitative estimate of drug-likeness (QED) is 0.413. The van der Waals surface area contributed by atoms with Crippen molar-refractivity contribution in [1.29, 1.82) is 0 Å². The first-order valence-corrected chi connectivity index (χ1v) is 12.2. The number of pyridine rings is 1. The Kier molecular flexibility index (Phi) is 4.86. The van der Waals surface area contributed by atoms with Gasteiger partial charge in [0.05, 0.1) is 35.6 Å².